The first kappa shape index (κ1) is 19.9. The molecule has 3 aromatic carbocycles. The van der Waals surface area contributed by atoms with Gasteiger partial charge in [-0.25, -0.2) is 5.01 Å². The number of nitrogens with zero attached hydrogens (tertiary/aromatic N) is 1. The van der Waals surface area contributed by atoms with E-state index in [2.05, 4.69) is 21.4 Å². The Balaban J connectivity index is 1.63. The summed E-state index contributed by atoms with van der Waals surface area (Å²) >= 11 is 3.45. The van der Waals surface area contributed by atoms with Crippen LogP contribution in [0.4, 0.5) is 5.69 Å². The van der Waals surface area contributed by atoms with Crippen LogP contribution < -0.4 is 15.2 Å². The third-order valence-electron chi connectivity index (χ3n) is 4.82. The lowest BCUT2D eigenvalue weighted by molar-refractivity contribution is -0.117. The second kappa shape index (κ2) is 8.55. The molecule has 1 fully saturated rings. The molecule has 0 bridgehead atoms. The minimum absolute atomic E-state index is 0.0534. The molecule has 5 nitrogen and oxygen atoms in total. The van der Waals surface area contributed by atoms with Crippen LogP contribution in [0.25, 0.3) is 6.08 Å². The number of nitrogens with one attached hydrogen (secondary N) is 1. The monoisotopic (exact) mass is 462 g/mol. The van der Waals surface area contributed by atoms with Gasteiger partial charge < -0.3 is 4.74 Å². The second-order valence-corrected chi connectivity index (χ2v) is 7.79. The van der Waals surface area contributed by atoms with Gasteiger partial charge in [-0.2, -0.15) is 0 Å². The van der Waals surface area contributed by atoms with Crippen molar-refractivity contribution in [1.82, 2.24) is 5.43 Å². The van der Waals surface area contributed by atoms with Crippen molar-refractivity contribution in [2.75, 3.05) is 5.01 Å². The SMILES string of the molecule is Cc1ccccc1COc1ccc(Br)cc1/C=C1/C(=O)NN(c2ccccc2)C1=O. The summed E-state index contributed by atoms with van der Waals surface area (Å²) < 4.78 is 6.85. The summed E-state index contributed by atoms with van der Waals surface area (Å²) in [4.78, 5) is 25.4. The first-order valence-electron chi connectivity index (χ1n) is 9.42. The molecule has 0 aromatic heterocycles. The zero-order valence-electron chi connectivity index (χ0n) is 16.3. The van der Waals surface area contributed by atoms with Crippen LogP contribution in [0, 0.1) is 6.92 Å². The summed E-state index contributed by atoms with van der Waals surface area (Å²) in [6.45, 7) is 2.42. The fourth-order valence-electron chi connectivity index (χ4n) is 3.16. The molecule has 4 rings (SSSR count). The highest BCUT2D eigenvalue weighted by atomic mass is 79.9. The number of hydrazine groups is 1. The molecule has 6 heteroatoms. The maximum absolute atomic E-state index is 12.9. The van der Waals surface area contributed by atoms with Crippen LogP contribution in [0.1, 0.15) is 16.7 Å². The number of para-hydroxylation sites is 1. The highest BCUT2D eigenvalue weighted by molar-refractivity contribution is 9.10. The van der Waals surface area contributed by atoms with Gasteiger partial charge in [0.05, 0.1) is 5.69 Å². The Morgan fingerprint density at radius 1 is 1.00 bits per heavy atom. The first-order chi connectivity index (χ1) is 14.5. The standard InChI is InChI=1S/C24H19BrN2O3/c1-16-7-5-6-8-17(16)15-30-22-12-11-19(25)13-18(22)14-21-23(28)26-27(24(21)29)20-9-3-2-4-10-20/h2-14H,15H2,1H3,(H,26,28)/b21-14-. The number of carbonyl (C=O) groups excluding carboxylic acids is 2. The third-order valence-corrected chi connectivity index (χ3v) is 5.32. The summed E-state index contributed by atoms with van der Waals surface area (Å²) in [6, 6.07) is 22.5. The number of rotatable bonds is 5. The van der Waals surface area contributed by atoms with E-state index >= 15 is 0 Å². The number of amides is 2. The van der Waals surface area contributed by atoms with Crippen LogP contribution in [-0.2, 0) is 16.2 Å². The number of benzene rings is 3. The molecule has 1 N–H and O–H groups in total. The van der Waals surface area contributed by atoms with Crippen LogP contribution >= 0.6 is 15.9 Å². The predicted octanol–water partition coefficient (Wildman–Crippen LogP) is 4.80. The Morgan fingerprint density at radius 2 is 1.73 bits per heavy atom. The Bertz CT molecular complexity index is 1140. The van der Waals surface area contributed by atoms with Crippen molar-refractivity contribution < 1.29 is 14.3 Å². The highest BCUT2D eigenvalue weighted by Crippen LogP contribution is 2.29. The zero-order valence-corrected chi connectivity index (χ0v) is 17.8. The van der Waals surface area contributed by atoms with Crippen molar-refractivity contribution in [2.45, 2.75) is 13.5 Å². The largest absolute Gasteiger partial charge is 0.488 e. The molecule has 150 valence electrons. The number of anilines is 1. The van der Waals surface area contributed by atoms with Crippen molar-refractivity contribution in [3.8, 4) is 5.75 Å². The summed E-state index contributed by atoms with van der Waals surface area (Å²) in [5.74, 6) is -0.266. The molecule has 0 radical (unpaired) electrons. The van der Waals surface area contributed by atoms with Gasteiger partial charge in [-0.15, -0.1) is 0 Å². The van der Waals surface area contributed by atoms with Crippen molar-refractivity contribution in [3.05, 3.63) is 99.5 Å². The fourth-order valence-corrected chi connectivity index (χ4v) is 3.54. The van der Waals surface area contributed by atoms with Gasteiger partial charge in [-0.3, -0.25) is 15.0 Å². The third kappa shape index (κ3) is 4.14. The smallest absolute Gasteiger partial charge is 0.282 e. The number of hydrogen-bond acceptors (Lipinski definition) is 3. The molecule has 0 aliphatic carbocycles. The summed E-state index contributed by atoms with van der Waals surface area (Å²) in [6.07, 6.45) is 1.57. The van der Waals surface area contributed by atoms with Crippen molar-refractivity contribution >= 4 is 39.5 Å². The summed E-state index contributed by atoms with van der Waals surface area (Å²) in [5.41, 5.74) is 6.12. The molecular formula is C24H19BrN2O3. The second-order valence-electron chi connectivity index (χ2n) is 6.87. The molecule has 0 spiro atoms. The van der Waals surface area contributed by atoms with Crippen LogP contribution in [0.5, 0.6) is 5.75 Å². The summed E-state index contributed by atoms with van der Waals surface area (Å²) in [7, 11) is 0. The molecule has 1 saturated heterocycles. The molecule has 1 heterocycles. The lowest BCUT2D eigenvalue weighted by Crippen LogP contribution is -2.35. The van der Waals surface area contributed by atoms with Crippen LogP contribution in [0.15, 0.2) is 82.8 Å². The number of carbonyl (C=O) groups is 2. The van der Waals surface area contributed by atoms with E-state index < -0.39 is 11.8 Å². The number of halogens is 1. The van der Waals surface area contributed by atoms with E-state index in [-0.39, 0.29) is 5.57 Å². The Kier molecular flexibility index (Phi) is 5.68. The zero-order chi connectivity index (χ0) is 21.1. The first-order valence-corrected chi connectivity index (χ1v) is 10.2. The van der Waals surface area contributed by atoms with E-state index in [1.165, 1.54) is 5.01 Å². The van der Waals surface area contributed by atoms with Gasteiger partial charge >= 0.3 is 0 Å². The molecule has 2 amide bonds. The Hall–Kier alpha value is -3.38. The van der Waals surface area contributed by atoms with Gasteiger partial charge in [-0.05, 0) is 54.5 Å². The molecule has 0 unspecified atom stereocenters. The Morgan fingerprint density at radius 3 is 2.50 bits per heavy atom. The number of hydrogen-bond donors (Lipinski definition) is 1. The van der Waals surface area contributed by atoms with Crippen LogP contribution in [0.2, 0.25) is 0 Å². The van der Waals surface area contributed by atoms with Gasteiger partial charge in [0, 0.05) is 10.0 Å². The normalized spacial score (nSPS) is 14.9. The predicted molar refractivity (Wildman–Crippen MR) is 120 cm³/mol. The fraction of sp³-hybridized carbons (Fsp3) is 0.0833. The van der Waals surface area contributed by atoms with Gasteiger partial charge in [0.2, 0.25) is 0 Å². The van der Waals surface area contributed by atoms with Gasteiger partial charge in [0.25, 0.3) is 11.8 Å². The maximum Gasteiger partial charge on any atom is 0.282 e. The molecule has 30 heavy (non-hydrogen) atoms. The lowest BCUT2D eigenvalue weighted by Gasteiger charge is -2.14. The van der Waals surface area contributed by atoms with E-state index in [9.17, 15) is 9.59 Å². The van der Waals surface area contributed by atoms with Gasteiger partial charge in [0.15, 0.2) is 0 Å². The molecule has 0 atom stereocenters. The minimum atomic E-state index is -0.450. The van der Waals surface area contributed by atoms with Gasteiger partial charge in [0.1, 0.15) is 17.9 Å². The van der Waals surface area contributed by atoms with Crippen LogP contribution in [0.3, 0.4) is 0 Å². The van der Waals surface area contributed by atoms with Gasteiger partial charge in [-0.1, -0.05) is 58.4 Å². The van der Waals surface area contributed by atoms with Crippen molar-refractivity contribution in [2.24, 2.45) is 0 Å². The van der Waals surface area contributed by atoms with E-state index in [0.717, 1.165) is 15.6 Å². The summed E-state index contributed by atoms with van der Waals surface area (Å²) in [5, 5.41) is 1.25. The van der Waals surface area contributed by atoms with E-state index in [0.29, 0.717) is 23.6 Å². The average molecular weight is 463 g/mol. The van der Waals surface area contributed by atoms with Crippen molar-refractivity contribution in [1.29, 1.82) is 0 Å². The van der Waals surface area contributed by atoms with Crippen LogP contribution in [-0.4, -0.2) is 11.8 Å². The van der Waals surface area contributed by atoms with E-state index in [1.807, 2.05) is 67.6 Å². The quantitative estimate of drug-likeness (QED) is 0.437. The lowest BCUT2D eigenvalue weighted by atomic mass is 10.1. The maximum atomic E-state index is 12.9. The van der Waals surface area contributed by atoms with Crippen molar-refractivity contribution in [3.63, 3.8) is 0 Å². The molecular weight excluding hydrogens is 444 g/mol. The molecule has 1 aliphatic heterocycles. The number of ether oxygens (including phenoxy) is 1. The average Bonchev–Trinajstić information content (AvgIpc) is 3.03. The molecule has 3 aromatic rings. The molecule has 1 aliphatic rings. The highest BCUT2D eigenvalue weighted by Gasteiger charge is 2.34. The number of aryl methyl sites for hydroxylation is 1. The molecule has 0 saturated carbocycles. The topological polar surface area (TPSA) is 58.6 Å². The van der Waals surface area contributed by atoms with E-state index in [1.54, 1.807) is 18.2 Å². The van der Waals surface area contributed by atoms with E-state index in [4.69, 9.17) is 4.74 Å². The Labute approximate surface area is 183 Å². The minimum Gasteiger partial charge on any atom is -0.488 e.